The lowest BCUT2D eigenvalue weighted by Crippen LogP contribution is -2.29. The van der Waals surface area contributed by atoms with Crippen LogP contribution < -0.4 is 5.32 Å². The molecule has 0 saturated carbocycles. The normalized spacial score (nSPS) is 17.8. The number of halogens is 1. The van der Waals surface area contributed by atoms with Crippen LogP contribution in [0.1, 0.15) is 24.6 Å². The molecule has 0 atom stereocenters. The van der Waals surface area contributed by atoms with E-state index < -0.39 is 0 Å². The van der Waals surface area contributed by atoms with Gasteiger partial charge >= 0.3 is 0 Å². The van der Waals surface area contributed by atoms with Gasteiger partial charge in [0.1, 0.15) is 5.82 Å². The Morgan fingerprint density at radius 3 is 2.88 bits per heavy atom. The Balaban J connectivity index is 2.10. The van der Waals surface area contributed by atoms with E-state index in [2.05, 4.69) is 15.1 Å². The molecule has 1 aromatic heterocycles. The Morgan fingerprint density at radius 2 is 2.12 bits per heavy atom. The second kappa shape index (κ2) is 4.11. The molecule has 1 aliphatic heterocycles. The SMILES string of the molecule is Cc1nn(C2CCNCC2)c2ccc(F)cc12. The highest BCUT2D eigenvalue weighted by Gasteiger charge is 2.19. The van der Waals surface area contributed by atoms with Crippen molar-refractivity contribution >= 4 is 10.9 Å². The van der Waals surface area contributed by atoms with Crippen LogP contribution in [0, 0.1) is 12.7 Å². The Kier molecular flexibility index (Phi) is 2.59. The zero-order valence-corrected chi connectivity index (χ0v) is 9.91. The molecule has 1 fully saturated rings. The van der Waals surface area contributed by atoms with Crippen LogP contribution in [-0.4, -0.2) is 22.9 Å². The standard InChI is InChI=1S/C13H16FN3/c1-9-12-8-10(14)2-3-13(12)17(16-9)11-4-6-15-7-5-11/h2-3,8,11,15H,4-7H2,1H3. The van der Waals surface area contributed by atoms with Gasteiger partial charge in [-0.3, -0.25) is 4.68 Å². The number of aryl methyl sites for hydroxylation is 1. The molecule has 0 unspecified atom stereocenters. The van der Waals surface area contributed by atoms with E-state index in [1.165, 1.54) is 6.07 Å². The van der Waals surface area contributed by atoms with Crippen molar-refractivity contribution in [3.05, 3.63) is 29.7 Å². The average Bonchev–Trinajstić information content (AvgIpc) is 2.68. The lowest BCUT2D eigenvalue weighted by Gasteiger charge is -2.23. The van der Waals surface area contributed by atoms with Crippen molar-refractivity contribution in [2.24, 2.45) is 0 Å². The second-order valence-corrected chi connectivity index (χ2v) is 4.67. The largest absolute Gasteiger partial charge is 0.317 e. The van der Waals surface area contributed by atoms with Crippen LogP contribution in [0.3, 0.4) is 0 Å². The molecule has 90 valence electrons. The third-order valence-corrected chi connectivity index (χ3v) is 3.51. The lowest BCUT2D eigenvalue weighted by atomic mass is 10.1. The van der Waals surface area contributed by atoms with Gasteiger partial charge < -0.3 is 5.32 Å². The molecule has 0 radical (unpaired) electrons. The van der Waals surface area contributed by atoms with Crippen molar-refractivity contribution in [2.75, 3.05) is 13.1 Å². The summed E-state index contributed by atoms with van der Waals surface area (Å²) in [5.74, 6) is -0.189. The summed E-state index contributed by atoms with van der Waals surface area (Å²) >= 11 is 0. The van der Waals surface area contributed by atoms with Crippen molar-refractivity contribution in [1.29, 1.82) is 0 Å². The molecule has 1 saturated heterocycles. The second-order valence-electron chi connectivity index (χ2n) is 4.67. The van der Waals surface area contributed by atoms with E-state index in [-0.39, 0.29) is 5.82 Å². The molecule has 3 rings (SSSR count). The first-order valence-electron chi connectivity index (χ1n) is 6.11. The van der Waals surface area contributed by atoms with Gasteiger partial charge in [-0.25, -0.2) is 4.39 Å². The van der Waals surface area contributed by atoms with Crippen LogP contribution >= 0.6 is 0 Å². The molecule has 0 amide bonds. The highest BCUT2D eigenvalue weighted by Crippen LogP contribution is 2.26. The number of aromatic nitrogens is 2. The molecule has 0 spiro atoms. The maximum Gasteiger partial charge on any atom is 0.124 e. The van der Waals surface area contributed by atoms with Crippen LogP contribution in [0.4, 0.5) is 4.39 Å². The smallest absolute Gasteiger partial charge is 0.124 e. The number of benzene rings is 1. The van der Waals surface area contributed by atoms with Gasteiger partial charge in [-0.05, 0) is 51.1 Å². The quantitative estimate of drug-likeness (QED) is 0.819. The molecule has 1 N–H and O–H groups in total. The first-order chi connectivity index (χ1) is 8.25. The number of fused-ring (bicyclic) bond motifs is 1. The summed E-state index contributed by atoms with van der Waals surface area (Å²) in [4.78, 5) is 0. The monoisotopic (exact) mass is 233 g/mol. The molecule has 1 aliphatic rings. The molecular formula is C13H16FN3. The number of nitrogens with one attached hydrogen (secondary N) is 1. The van der Waals surface area contributed by atoms with E-state index in [1.807, 2.05) is 13.0 Å². The number of nitrogens with zero attached hydrogens (tertiary/aromatic N) is 2. The maximum absolute atomic E-state index is 13.2. The fourth-order valence-corrected chi connectivity index (χ4v) is 2.60. The zero-order chi connectivity index (χ0) is 11.8. The molecule has 17 heavy (non-hydrogen) atoms. The van der Waals surface area contributed by atoms with Crippen molar-refractivity contribution in [2.45, 2.75) is 25.8 Å². The summed E-state index contributed by atoms with van der Waals surface area (Å²) in [6.45, 7) is 4.01. The predicted molar refractivity (Wildman–Crippen MR) is 65.6 cm³/mol. The minimum absolute atomic E-state index is 0.189. The van der Waals surface area contributed by atoms with Crippen LogP contribution in [-0.2, 0) is 0 Å². The van der Waals surface area contributed by atoms with E-state index in [4.69, 9.17) is 0 Å². The summed E-state index contributed by atoms with van der Waals surface area (Å²) in [5, 5.41) is 8.86. The van der Waals surface area contributed by atoms with E-state index in [9.17, 15) is 4.39 Å². The fourth-order valence-electron chi connectivity index (χ4n) is 2.60. The minimum Gasteiger partial charge on any atom is -0.317 e. The minimum atomic E-state index is -0.189. The van der Waals surface area contributed by atoms with Gasteiger partial charge in [0.25, 0.3) is 0 Å². The summed E-state index contributed by atoms with van der Waals surface area (Å²) in [5.41, 5.74) is 1.97. The van der Waals surface area contributed by atoms with Gasteiger partial charge in [-0.2, -0.15) is 5.10 Å². The first kappa shape index (κ1) is 10.7. The third kappa shape index (κ3) is 1.82. The van der Waals surface area contributed by atoms with Gasteiger partial charge in [-0.15, -0.1) is 0 Å². The topological polar surface area (TPSA) is 29.9 Å². The molecule has 2 aromatic rings. The first-order valence-corrected chi connectivity index (χ1v) is 6.11. The number of piperidine rings is 1. The summed E-state index contributed by atoms with van der Waals surface area (Å²) in [6, 6.07) is 5.38. The fraction of sp³-hybridized carbons (Fsp3) is 0.462. The van der Waals surface area contributed by atoms with E-state index in [0.717, 1.165) is 42.5 Å². The molecule has 1 aromatic carbocycles. The van der Waals surface area contributed by atoms with Gasteiger partial charge in [0, 0.05) is 5.39 Å². The van der Waals surface area contributed by atoms with Crippen LogP contribution in [0.5, 0.6) is 0 Å². The molecular weight excluding hydrogens is 217 g/mol. The molecule has 3 nitrogen and oxygen atoms in total. The summed E-state index contributed by atoms with van der Waals surface area (Å²) < 4.78 is 15.3. The Morgan fingerprint density at radius 1 is 1.35 bits per heavy atom. The summed E-state index contributed by atoms with van der Waals surface area (Å²) in [7, 11) is 0. The molecule has 2 heterocycles. The van der Waals surface area contributed by atoms with E-state index >= 15 is 0 Å². The summed E-state index contributed by atoms with van der Waals surface area (Å²) in [6.07, 6.45) is 2.18. The van der Waals surface area contributed by atoms with Crippen molar-refractivity contribution in [1.82, 2.24) is 15.1 Å². The predicted octanol–water partition coefficient (Wildman–Crippen LogP) is 2.41. The number of hydrogen-bond acceptors (Lipinski definition) is 2. The van der Waals surface area contributed by atoms with Crippen LogP contribution in [0.15, 0.2) is 18.2 Å². The van der Waals surface area contributed by atoms with E-state index in [0.29, 0.717) is 6.04 Å². The highest BCUT2D eigenvalue weighted by atomic mass is 19.1. The van der Waals surface area contributed by atoms with Crippen LogP contribution in [0.2, 0.25) is 0 Å². The van der Waals surface area contributed by atoms with Crippen molar-refractivity contribution in [3.63, 3.8) is 0 Å². The van der Waals surface area contributed by atoms with Crippen molar-refractivity contribution < 1.29 is 4.39 Å². The Labute approximate surface area is 99.6 Å². The highest BCUT2D eigenvalue weighted by molar-refractivity contribution is 5.81. The molecule has 0 aliphatic carbocycles. The maximum atomic E-state index is 13.2. The molecule has 4 heteroatoms. The Hall–Kier alpha value is -1.42. The molecule has 0 bridgehead atoms. The van der Waals surface area contributed by atoms with Gasteiger partial charge in [0.15, 0.2) is 0 Å². The van der Waals surface area contributed by atoms with Gasteiger partial charge in [0.2, 0.25) is 0 Å². The number of rotatable bonds is 1. The average molecular weight is 233 g/mol. The third-order valence-electron chi connectivity index (χ3n) is 3.51. The Bertz CT molecular complexity index is 541. The van der Waals surface area contributed by atoms with Gasteiger partial charge in [0.05, 0.1) is 17.3 Å². The number of hydrogen-bond donors (Lipinski definition) is 1. The van der Waals surface area contributed by atoms with Crippen LogP contribution in [0.25, 0.3) is 10.9 Å². The zero-order valence-electron chi connectivity index (χ0n) is 9.91. The van der Waals surface area contributed by atoms with Gasteiger partial charge in [-0.1, -0.05) is 0 Å². The van der Waals surface area contributed by atoms with E-state index in [1.54, 1.807) is 6.07 Å². The lowest BCUT2D eigenvalue weighted by molar-refractivity contribution is 0.350. The van der Waals surface area contributed by atoms with Crippen molar-refractivity contribution in [3.8, 4) is 0 Å².